The number of piperazine rings is 1. The minimum atomic E-state index is -1.03. The number of alkyl carbamates (subject to hydrolysis) is 1. The molecule has 1 aromatic rings. The maximum Gasteiger partial charge on any atom is 0.408 e. The molecule has 1 heterocycles. The van der Waals surface area contributed by atoms with Crippen molar-refractivity contribution in [3.63, 3.8) is 0 Å². The average Bonchev–Trinajstić information content (AvgIpc) is 2.66. The van der Waals surface area contributed by atoms with E-state index in [4.69, 9.17) is 4.74 Å². The Morgan fingerprint density at radius 3 is 2.28 bits per heavy atom. The summed E-state index contributed by atoms with van der Waals surface area (Å²) in [6.45, 7) is 9.60. The maximum atomic E-state index is 13.0. The third kappa shape index (κ3) is 6.66. The van der Waals surface area contributed by atoms with Gasteiger partial charge in [-0.25, -0.2) is 4.79 Å². The molecule has 1 unspecified atom stereocenters. The van der Waals surface area contributed by atoms with Crippen molar-refractivity contribution in [3.8, 4) is 0 Å². The number of anilines is 1. The van der Waals surface area contributed by atoms with Crippen LogP contribution in [0.4, 0.5) is 10.5 Å². The number of carbonyl (C=O) groups is 3. The van der Waals surface area contributed by atoms with Gasteiger partial charge in [0.15, 0.2) is 0 Å². The van der Waals surface area contributed by atoms with Crippen LogP contribution in [0, 0.1) is 6.92 Å². The number of hydrogen-bond acceptors (Lipinski definition) is 6. The highest BCUT2D eigenvalue weighted by atomic mass is 16.6. The molecule has 29 heavy (non-hydrogen) atoms. The number of carbonyl (C=O) groups excluding carboxylic acids is 3. The van der Waals surface area contributed by atoms with Gasteiger partial charge in [-0.05, 0) is 39.3 Å². The van der Waals surface area contributed by atoms with Crippen molar-refractivity contribution < 1.29 is 23.9 Å². The number of ether oxygens (including phenoxy) is 2. The van der Waals surface area contributed by atoms with E-state index < -0.39 is 23.7 Å². The predicted molar refractivity (Wildman–Crippen MR) is 110 cm³/mol. The normalized spacial score (nSPS) is 15.5. The standard InChI is InChI=1S/C21H31N3O5/c1-15-8-6-7-9-17(15)23-10-12-24(13-11-23)19(26)16(14-18(25)28-5)22-20(27)29-21(2,3)4/h6-9,16H,10-14H2,1-5H3,(H,22,27). The Kier molecular flexibility index (Phi) is 7.47. The summed E-state index contributed by atoms with van der Waals surface area (Å²) in [5.41, 5.74) is 1.63. The lowest BCUT2D eigenvalue weighted by molar-refractivity contribution is -0.145. The number of nitrogens with zero attached hydrogens (tertiary/aromatic N) is 2. The van der Waals surface area contributed by atoms with E-state index in [1.165, 1.54) is 12.7 Å². The molecule has 0 saturated carbocycles. The zero-order valence-corrected chi connectivity index (χ0v) is 17.9. The second-order valence-electron chi connectivity index (χ2n) is 8.08. The monoisotopic (exact) mass is 405 g/mol. The lowest BCUT2D eigenvalue weighted by atomic mass is 10.1. The van der Waals surface area contributed by atoms with Crippen LogP contribution in [0.1, 0.15) is 32.8 Å². The molecule has 1 atom stereocenters. The van der Waals surface area contributed by atoms with E-state index >= 15 is 0 Å². The molecule has 1 aliphatic rings. The smallest absolute Gasteiger partial charge is 0.408 e. The number of aryl methyl sites for hydroxylation is 1. The van der Waals surface area contributed by atoms with E-state index in [0.29, 0.717) is 26.2 Å². The van der Waals surface area contributed by atoms with Crippen LogP contribution in [-0.4, -0.2) is 67.8 Å². The highest BCUT2D eigenvalue weighted by Gasteiger charge is 2.32. The topological polar surface area (TPSA) is 88.2 Å². The first-order valence-electron chi connectivity index (χ1n) is 9.76. The molecule has 0 aliphatic carbocycles. The van der Waals surface area contributed by atoms with Crippen molar-refractivity contribution in [2.45, 2.75) is 45.8 Å². The van der Waals surface area contributed by atoms with Gasteiger partial charge in [-0.2, -0.15) is 0 Å². The third-order valence-electron chi connectivity index (χ3n) is 4.64. The van der Waals surface area contributed by atoms with Crippen LogP contribution in [0.5, 0.6) is 0 Å². The van der Waals surface area contributed by atoms with Gasteiger partial charge in [-0.1, -0.05) is 18.2 Å². The van der Waals surface area contributed by atoms with E-state index in [1.54, 1.807) is 25.7 Å². The number of esters is 1. The molecule has 0 spiro atoms. The molecule has 2 amide bonds. The first kappa shape index (κ1) is 22.5. The maximum absolute atomic E-state index is 13.0. The van der Waals surface area contributed by atoms with Gasteiger partial charge in [0.2, 0.25) is 5.91 Å². The van der Waals surface area contributed by atoms with E-state index in [1.807, 2.05) is 12.1 Å². The molecule has 1 saturated heterocycles. The highest BCUT2D eigenvalue weighted by molar-refractivity contribution is 5.89. The van der Waals surface area contributed by atoms with Crippen molar-refractivity contribution in [1.82, 2.24) is 10.2 Å². The Bertz CT molecular complexity index is 736. The molecule has 0 bridgehead atoms. The molecular formula is C21H31N3O5. The molecule has 1 aliphatic heterocycles. The largest absolute Gasteiger partial charge is 0.469 e. The van der Waals surface area contributed by atoms with Crippen LogP contribution in [0.25, 0.3) is 0 Å². The van der Waals surface area contributed by atoms with Crippen molar-refractivity contribution in [2.24, 2.45) is 0 Å². The number of rotatable bonds is 5. The summed E-state index contributed by atoms with van der Waals surface area (Å²) in [5, 5.41) is 2.52. The van der Waals surface area contributed by atoms with Gasteiger partial charge in [0.25, 0.3) is 0 Å². The zero-order valence-electron chi connectivity index (χ0n) is 17.9. The van der Waals surface area contributed by atoms with E-state index in [2.05, 4.69) is 34.0 Å². The van der Waals surface area contributed by atoms with Crippen molar-refractivity contribution in [1.29, 1.82) is 0 Å². The molecule has 8 nitrogen and oxygen atoms in total. The molecule has 160 valence electrons. The summed E-state index contributed by atoms with van der Waals surface area (Å²) < 4.78 is 9.91. The van der Waals surface area contributed by atoms with E-state index in [0.717, 1.165) is 5.69 Å². The van der Waals surface area contributed by atoms with Gasteiger partial charge < -0.3 is 24.6 Å². The lowest BCUT2D eigenvalue weighted by Crippen LogP contribution is -2.56. The molecule has 1 fully saturated rings. The van der Waals surface area contributed by atoms with Crippen LogP contribution in [0.3, 0.4) is 0 Å². The Morgan fingerprint density at radius 1 is 1.10 bits per heavy atom. The number of hydrogen-bond donors (Lipinski definition) is 1. The molecule has 0 radical (unpaired) electrons. The molecule has 2 rings (SSSR count). The summed E-state index contributed by atoms with van der Waals surface area (Å²) in [7, 11) is 1.25. The highest BCUT2D eigenvalue weighted by Crippen LogP contribution is 2.21. The Morgan fingerprint density at radius 2 is 1.72 bits per heavy atom. The first-order valence-corrected chi connectivity index (χ1v) is 9.76. The zero-order chi connectivity index (χ0) is 21.6. The second-order valence-corrected chi connectivity index (χ2v) is 8.08. The fourth-order valence-corrected chi connectivity index (χ4v) is 3.21. The number of nitrogens with one attached hydrogen (secondary N) is 1. The van der Waals surface area contributed by atoms with Crippen LogP contribution in [0.15, 0.2) is 24.3 Å². The Balaban J connectivity index is 2.02. The van der Waals surface area contributed by atoms with E-state index in [9.17, 15) is 14.4 Å². The molecule has 1 aromatic carbocycles. The molecule has 1 N–H and O–H groups in total. The fourth-order valence-electron chi connectivity index (χ4n) is 3.21. The van der Waals surface area contributed by atoms with Crippen LogP contribution in [0.2, 0.25) is 0 Å². The van der Waals surface area contributed by atoms with Gasteiger partial charge in [0, 0.05) is 31.9 Å². The summed E-state index contributed by atoms with van der Waals surface area (Å²) in [4.78, 5) is 40.8. The summed E-state index contributed by atoms with van der Waals surface area (Å²) in [6, 6.07) is 7.10. The van der Waals surface area contributed by atoms with Gasteiger partial charge in [-0.15, -0.1) is 0 Å². The van der Waals surface area contributed by atoms with Gasteiger partial charge >= 0.3 is 12.1 Å². The van der Waals surface area contributed by atoms with Crippen LogP contribution < -0.4 is 10.2 Å². The van der Waals surface area contributed by atoms with Crippen LogP contribution in [-0.2, 0) is 19.1 Å². The Labute approximate surface area is 172 Å². The average molecular weight is 405 g/mol. The molecular weight excluding hydrogens is 374 g/mol. The summed E-state index contributed by atoms with van der Waals surface area (Å²) in [5.74, 6) is -0.886. The van der Waals surface area contributed by atoms with Gasteiger partial charge in [0.1, 0.15) is 11.6 Å². The Hall–Kier alpha value is -2.77. The van der Waals surface area contributed by atoms with Gasteiger partial charge in [-0.3, -0.25) is 9.59 Å². The number of amides is 2. The number of benzene rings is 1. The lowest BCUT2D eigenvalue weighted by Gasteiger charge is -2.38. The first-order chi connectivity index (χ1) is 13.6. The SMILES string of the molecule is COC(=O)CC(NC(=O)OC(C)(C)C)C(=O)N1CCN(c2ccccc2C)CC1. The number of methoxy groups -OCH3 is 1. The third-order valence-corrected chi connectivity index (χ3v) is 4.64. The van der Waals surface area contributed by atoms with Crippen molar-refractivity contribution in [3.05, 3.63) is 29.8 Å². The number of para-hydroxylation sites is 1. The minimum absolute atomic E-state index is 0.243. The van der Waals surface area contributed by atoms with Crippen molar-refractivity contribution >= 4 is 23.7 Å². The van der Waals surface area contributed by atoms with Gasteiger partial charge in [0.05, 0.1) is 13.5 Å². The minimum Gasteiger partial charge on any atom is -0.469 e. The van der Waals surface area contributed by atoms with E-state index in [-0.39, 0.29) is 12.3 Å². The summed E-state index contributed by atoms with van der Waals surface area (Å²) in [6.07, 6.45) is -0.981. The predicted octanol–water partition coefficient (Wildman–Crippen LogP) is 2.10. The molecule has 8 heteroatoms. The molecule has 0 aromatic heterocycles. The summed E-state index contributed by atoms with van der Waals surface area (Å²) >= 11 is 0. The fraction of sp³-hybridized carbons (Fsp3) is 0.571. The quantitative estimate of drug-likeness (QED) is 0.755. The second kappa shape index (κ2) is 9.62. The van der Waals surface area contributed by atoms with Crippen molar-refractivity contribution in [2.75, 3.05) is 38.2 Å². The van der Waals surface area contributed by atoms with Crippen LogP contribution >= 0.6 is 0 Å².